The van der Waals surface area contributed by atoms with Gasteiger partial charge in [-0.25, -0.2) is 0 Å². The molecule has 0 saturated carbocycles. The Labute approximate surface area is 149 Å². The highest BCUT2D eigenvalue weighted by Crippen LogP contribution is 2.21. The van der Waals surface area contributed by atoms with Gasteiger partial charge in [-0.1, -0.05) is 12.1 Å². The molecule has 4 heteroatoms. The van der Waals surface area contributed by atoms with Crippen molar-refractivity contribution in [2.45, 2.75) is 39.2 Å². The number of nitrogens with one attached hydrogen (secondary N) is 1. The van der Waals surface area contributed by atoms with Gasteiger partial charge >= 0.3 is 0 Å². The fourth-order valence-corrected chi connectivity index (χ4v) is 3.08. The first-order valence-corrected chi connectivity index (χ1v) is 9.00. The Morgan fingerprint density at radius 2 is 1.68 bits per heavy atom. The highest BCUT2D eigenvalue weighted by atomic mass is 16.5. The second-order valence-electron chi connectivity index (χ2n) is 6.78. The van der Waals surface area contributed by atoms with Gasteiger partial charge in [0, 0.05) is 24.5 Å². The van der Waals surface area contributed by atoms with Crippen LogP contribution >= 0.6 is 0 Å². The van der Waals surface area contributed by atoms with Crippen molar-refractivity contribution in [1.82, 2.24) is 0 Å². The highest BCUT2D eigenvalue weighted by molar-refractivity contribution is 5.92. The third kappa shape index (κ3) is 4.99. The molecule has 1 fully saturated rings. The number of hydrogen-bond donors (Lipinski definition) is 1. The molecule has 1 heterocycles. The van der Waals surface area contributed by atoms with Gasteiger partial charge in [-0.2, -0.15) is 0 Å². The van der Waals surface area contributed by atoms with Crippen molar-refractivity contribution < 1.29 is 9.53 Å². The number of ether oxygens (including phenoxy) is 1. The van der Waals surface area contributed by atoms with E-state index >= 15 is 0 Å². The van der Waals surface area contributed by atoms with E-state index in [0.717, 1.165) is 30.1 Å². The summed E-state index contributed by atoms with van der Waals surface area (Å²) in [5.41, 5.74) is 3.07. The molecule has 1 amide bonds. The predicted molar refractivity (Wildman–Crippen MR) is 102 cm³/mol. The topological polar surface area (TPSA) is 41.6 Å². The quantitative estimate of drug-likeness (QED) is 0.856. The predicted octanol–water partition coefficient (Wildman–Crippen LogP) is 4.26. The van der Waals surface area contributed by atoms with E-state index in [2.05, 4.69) is 22.3 Å². The standard InChI is InChI=1S/C21H26N2O2/c1-16(2)25-20-11-7-18(8-12-20)22-21(24)15-17-5-9-19(10-6-17)23-13-3-4-14-23/h5-12,16H,3-4,13-15H2,1-2H3,(H,22,24). The van der Waals surface area contributed by atoms with Crippen LogP contribution in [-0.4, -0.2) is 25.1 Å². The first-order chi connectivity index (χ1) is 12.1. The van der Waals surface area contributed by atoms with E-state index < -0.39 is 0 Å². The lowest BCUT2D eigenvalue weighted by atomic mass is 10.1. The van der Waals surface area contributed by atoms with Gasteiger partial charge in [0.1, 0.15) is 5.75 Å². The van der Waals surface area contributed by atoms with E-state index in [1.165, 1.54) is 18.5 Å². The number of carbonyl (C=O) groups excluding carboxylic acids is 1. The van der Waals surface area contributed by atoms with Crippen molar-refractivity contribution in [2.24, 2.45) is 0 Å². The largest absolute Gasteiger partial charge is 0.491 e. The Balaban J connectivity index is 1.53. The van der Waals surface area contributed by atoms with Crippen LogP contribution in [0.25, 0.3) is 0 Å². The molecule has 0 bridgehead atoms. The summed E-state index contributed by atoms with van der Waals surface area (Å²) in [6.07, 6.45) is 3.06. The normalized spacial score (nSPS) is 14.0. The van der Waals surface area contributed by atoms with E-state index in [9.17, 15) is 4.79 Å². The molecule has 1 aliphatic rings. The van der Waals surface area contributed by atoms with Crippen molar-refractivity contribution >= 4 is 17.3 Å². The van der Waals surface area contributed by atoms with Gasteiger partial charge in [0.25, 0.3) is 0 Å². The number of carbonyl (C=O) groups is 1. The molecule has 0 spiro atoms. The number of anilines is 2. The summed E-state index contributed by atoms with van der Waals surface area (Å²) >= 11 is 0. The Bertz CT molecular complexity index is 687. The second-order valence-corrected chi connectivity index (χ2v) is 6.78. The average molecular weight is 338 g/mol. The van der Waals surface area contributed by atoms with E-state index in [1.807, 2.05) is 50.2 Å². The van der Waals surface area contributed by atoms with Gasteiger partial charge in [-0.15, -0.1) is 0 Å². The summed E-state index contributed by atoms with van der Waals surface area (Å²) < 4.78 is 5.61. The third-order valence-corrected chi connectivity index (χ3v) is 4.28. The second kappa shape index (κ2) is 8.06. The third-order valence-electron chi connectivity index (χ3n) is 4.28. The zero-order valence-electron chi connectivity index (χ0n) is 15.0. The van der Waals surface area contributed by atoms with Crippen molar-refractivity contribution in [3.63, 3.8) is 0 Å². The van der Waals surface area contributed by atoms with E-state index in [4.69, 9.17) is 4.74 Å². The van der Waals surface area contributed by atoms with E-state index in [1.54, 1.807) is 0 Å². The molecular formula is C21H26N2O2. The molecule has 0 aliphatic carbocycles. The Hall–Kier alpha value is -2.49. The van der Waals surface area contributed by atoms with Crippen LogP contribution in [0.2, 0.25) is 0 Å². The molecule has 0 unspecified atom stereocenters. The first-order valence-electron chi connectivity index (χ1n) is 9.00. The molecule has 1 aliphatic heterocycles. The molecule has 25 heavy (non-hydrogen) atoms. The lowest BCUT2D eigenvalue weighted by Gasteiger charge is -2.17. The molecule has 0 atom stereocenters. The molecule has 2 aromatic carbocycles. The fraction of sp³-hybridized carbons (Fsp3) is 0.381. The highest BCUT2D eigenvalue weighted by Gasteiger charge is 2.12. The van der Waals surface area contributed by atoms with Gasteiger partial charge in [-0.3, -0.25) is 4.79 Å². The molecule has 0 radical (unpaired) electrons. The summed E-state index contributed by atoms with van der Waals surface area (Å²) in [4.78, 5) is 14.6. The summed E-state index contributed by atoms with van der Waals surface area (Å²) in [5, 5.41) is 2.94. The van der Waals surface area contributed by atoms with Crippen LogP contribution in [0.15, 0.2) is 48.5 Å². The number of hydrogen-bond acceptors (Lipinski definition) is 3. The summed E-state index contributed by atoms with van der Waals surface area (Å²) in [5.74, 6) is 0.803. The average Bonchev–Trinajstić information content (AvgIpc) is 3.11. The SMILES string of the molecule is CC(C)Oc1ccc(NC(=O)Cc2ccc(N3CCCC3)cc2)cc1. The summed E-state index contributed by atoms with van der Waals surface area (Å²) in [7, 11) is 0. The van der Waals surface area contributed by atoms with E-state index in [-0.39, 0.29) is 12.0 Å². The van der Waals surface area contributed by atoms with Crippen molar-refractivity contribution in [2.75, 3.05) is 23.3 Å². The molecule has 132 valence electrons. The molecular weight excluding hydrogens is 312 g/mol. The molecule has 4 nitrogen and oxygen atoms in total. The maximum absolute atomic E-state index is 12.2. The van der Waals surface area contributed by atoms with Gasteiger partial charge < -0.3 is 15.0 Å². The minimum absolute atomic E-state index is 0.00792. The zero-order valence-corrected chi connectivity index (χ0v) is 15.0. The van der Waals surface area contributed by atoms with Gasteiger partial charge in [-0.05, 0) is 68.7 Å². The van der Waals surface area contributed by atoms with Gasteiger partial charge in [0.15, 0.2) is 0 Å². The van der Waals surface area contributed by atoms with Crippen LogP contribution in [0.1, 0.15) is 32.3 Å². The summed E-state index contributed by atoms with van der Waals surface area (Å²) in [6, 6.07) is 15.8. The van der Waals surface area contributed by atoms with Crippen LogP contribution in [-0.2, 0) is 11.2 Å². The fourth-order valence-electron chi connectivity index (χ4n) is 3.08. The number of rotatable bonds is 6. The maximum atomic E-state index is 12.2. The van der Waals surface area contributed by atoms with Crippen LogP contribution in [0.4, 0.5) is 11.4 Å². The smallest absolute Gasteiger partial charge is 0.228 e. The molecule has 1 saturated heterocycles. The molecule has 0 aromatic heterocycles. The van der Waals surface area contributed by atoms with Crippen LogP contribution < -0.4 is 15.0 Å². The van der Waals surface area contributed by atoms with Crippen LogP contribution in [0, 0.1) is 0 Å². The zero-order chi connectivity index (χ0) is 17.6. The first kappa shape index (κ1) is 17.3. The minimum atomic E-state index is -0.00792. The summed E-state index contributed by atoms with van der Waals surface area (Å²) in [6.45, 7) is 6.25. The number of nitrogens with zero attached hydrogens (tertiary/aromatic N) is 1. The van der Waals surface area contributed by atoms with Crippen molar-refractivity contribution in [3.8, 4) is 5.75 Å². The van der Waals surface area contributed by atoms with Crippen LogP contribution in [0.5, 0.6) is 5.75 Å². The Morgan fingerprint density at radius 1 is 1.04 bits per heavy atom. The molecule has 2 aromatic rings. The van der Waals surface area contributed by atoms with Crippen molar-refractivity contribution in [3.05, 3.63) is 54.1 Å². The Morgan fingerprint density at radius 3 is 2.28 bits per heavy atom. The van der Waals surface area contributed by atoms with E-state index in [0.29, 0.717) is 6.42 Å². The Kier molecular flexibility index (Phi) is 5.59. The number of benzene rings is 2. The van der Waals surface area contributed by atoms with Crippen molar-refractivity contribution in [1.29, 1.82) is 0 Å². The van der Waals surface area contributed by atoms with Crippen LogP contribution in [0.3, 0.4) is 0 Å². The monoisotopic (exact) mass is 338 g/mol. The molecule has 1 N–H and O–H groups in total. The minimum Gasteiger partial charge on any atom is -0.491 e. The lowest BCUT2D eigenvalue weighted by molar-refractivity contribution is -0.115. The number of amides is 1. The maximum Gasteiger partial charge on any atom is 0.228 e. The van der Waals surface area contributed by atoms with Gasteiger partial charge in [0.2, 0.25) is 5.91 Å². The lowest BCUT2D eigenvalue weighted by Crippen LogP contribution is -2.18. The van der Waals surface area contributed by atoms with Gasteiger partial charge in [0.05, 0.1) is 12.5 Å². The molecule has 3 rings (SSSR count).